The maximum absolute atomic E-state index is 12.1. The van der Waals surface area contributed by atoms with Crippen molar-refractivity contribution in [2.45, 2.75) is 25.9 Å². The molecular formula is C20H22N2O3. The molecule has 0 unspecified atom stereocenters. The zero-order valence-corrected chi connectivity index (χ0v) is 14.5. The van der Waals surface area contributed by atoms with Crippen LogP contribution in [0.15, 0.2) is 47.6 Å². The highest BCUT2D eigenvalue weighted by atomic mass is 16.6. The summed E-state index contributed by atoms with van der Waals surface area (Å²) in [4.78, 5) is 16.9. The van der Waals surface area contributed by atoms with Gasteiger partial charge in [-0.25, -0.2) is 0 Å². The number of nitrogens with zero attached hydrogens (tertiary/aromatic N) is 1. The molecule has 5 heteroatoms. The number of carbonyl (C=O) groups excluding carboxylic acids is 1. The third kappa shape index (κ3) is 3.82. The van der Waals surface area contributed by atoms with Crippen molar-refractivity contribution in [1.29, 1.82) is 0 Å². The smallest absolute Gasteiger partial charge is 0.273 e. The van der Waals surface area contributed by atoms with Crippen LogP contribution in [0.2, 0.25) is 0 Å². The molecule has 0 fully saturated rings. The summed E-state index contributed by atoms with van der Waals surface area (Å²) >= 11 is 0. The van der Waals surface area contributed by atoms with Gasteiger partial charge >= 0.3 is 0 Å². The fourth-order valence-electron chi connectivity index (χ4n) is 3.10. The second-order valence-electron chi connectivity index (χ2n) is 5.93. The van der Waals surface area contributed by atoms with E-state index in [-0.39, 0.29) is 11.6 Å². The Morgan fingerprint density at radius 1 is 1.16 bits per heavy atom. The number of benzene rings is 2. The summed E-state index contributed by atoms with van der Waals surface area (Å²) in [5, 5.41) is 6.46. The number of carbonyl (C=O) groups is 1. The lowest BCUT2D eigenvalue weighted by Crippen LogP contribution is -2.29. The highest BCUT2D eigenvalue weighted by molar-refractivity contribution is 6.45. The molecule has 0 saturated heterocycles. The summed E-state index contributed by atoms with van der Waals surface area (Å²) in [5.74, 6) is 0.549. The average molecular weight is 338 g/mol. The Morgan fingerprint density at radius 3 is 2.76 bits per heavy atom. The number of hydrogen-bond donors (Lipinski definition) is 1. The lowest BCUT2D eigenvalue weighted by Gasteiger charge is -2.13. The monoisotopic (exact) mass is 338 g/mol. The minimum Gasteiger partial charge on any atom is -0.489 e. The van der Waals surface area contributed by atoms with Crippen LogP contribution in [0.3, 0.4) is 0 Å². The summed E-state index contributed by atoms with van der Waals surface area (Å²) in [7, 11) is 2.99. The molecule has 1 amide bonds. The first-order valence-electron chi connectivity index (χ1n) is 8.39. The topological polar surface area (TPSA) is 59.9 Å². The molecule has 1 N–H and O–H groups in total. The Hall–Kier alpha value is -2.82. The Balaban J connectivity index is 1.81. The van der Waals surface area contributed by atoms with Crippen LogP contribution in [0.5, 0.6) is 5.75 Å². The maximum Gasteiger partial charge on any atom is 0.273 e. The van der Waals surface area contributed by atoms with Gasteiger partial charge < -0.3 is 14.9 Å². The van der Waals surface area contributed by atoms with Gasteiger partial charge in [0.25, 0.3) is 5.91 Å². The average Bonchev–Trinajstić information content (AvgIpc) is 3.12. The normalized spacial score (nSPS) is 13.3. The van der Waals surface area contributed by atoms with Crippen molar-refractivity contribution in [3.05, 3.63) is 64.7 Å². The number of aryl methyl sites for hydroxylation is 2. The van der Waals surface area contributed by atoms with Crippen LogP contribution in [0, 0.1) is 0 Å². The van der Waals surface area contributed by atoms with Crippen molar-refractivity contribution in [2.75, 3.05) is 14.2 Å². The van der Waals surface area contributed by atoms with Crippen molar-refractivity contribution in [3.63, 3.8) is 0 Å². The summed E-state index contributed by atoms with van der Waals surface area (Å²) in [6, 6.07) is 13.8. The molecule has 25 heavy (non-hydrogen) atoms. The van der Waals surface area contributed by atoms with Gasteiger partial charge in [-0.15, -0.1) is 0 Å². The highest BCUT2D eigenvalue weighted by Crippen LogP contribution is 2.26. The van der Waals surface area contributed by atoms with E-state index < -0.39 is 0 Å². The highest BCUT2D eigenvalue weighted by Gasteiger charge is 2.18. The molecule has 2 aromatic carbocycles. The van der Waals surface area contributed by atoms with E-state index in [1.807, 2.05) is 30.3 Å². The molecule has 0 spiro atoms. The van der Waals surface area contributed by atoms with E-state index in [0.29, 0.717) is 12.2 Å². The second-order valence-corrected chi connectivity index (χ2v) is 5.93. The van der Waals surface area contributed by atoms with E-state index in [2.05, 4.69) is 22.6 Å². The van der Waals surface area contributed by atoms with Crippen LogP contribution in [-0.4, -0.2) is 25.8 Å². The predicted molar refractivity (Wildman–Crippen MR) is 96.9 cm³/mol. The lowest BCUT2D eigenvalue weighted by atomic mass is 10.0. The molecule has 0 bridgehead atoms. The zero-order valence-electron chi connectivity index (χ0n) is 14.5. The molecule has 0 saturated carbocycles. The van der Waals surface area contributed by atoms with Gasteiger partial charge in [0.1, 0.15) is 19.5 Å². The summed E-state index contributed by atoms with van der Waals surface area (Å²) in [5.41, 5.74) is 4.60. The zero-order chi connectivity index (χ0) is 17.6. The first kappa shape index (κ1) is 17.0. The number of oxime groups is 1. The van der Waals surface area contributed by atoms with Crippen LogP contribution >= 0.6 is 0 Å². The maximum atomic E-state index is 12.1. The fourth-order valence-corrected chi connectivity index (χ4v) is 3.10. The van der Waals surface area contributed by atoms with Gasteiger partial charge in [0.2, 0.25) is 0 Å². The van der Waals surface area contributed by atoms with E-state index in [0.717, 1.165) is 24.2 Å². The Bertz CT molecular complexity index is 799. The van der Waals surface area contributed by atoms with Crippen molar-refractivity contribution in [1.82, 2.24) is 5.32 Å². The quantitative estimate of drug-likeness (QED) is 0.651. The van der Waals surface area contributed by atoms with E-state index in [1.165, 1.54) is 24.7 Å². The standard InChI is InChI=1S/C20H22N2O3/c1-21-20(23)19(22-24-2)18-9-4-3-6-16(18)13-25-17-11-10-14-7-5-8-15(14)12-17/h3-4,6,9-12H,5,7-8,13H2,1-2H3,(H,21,23)/b22-19-. The molecule has 0 heterocycles. The fraction of sp³-hybridized carbons (Fsp3) is 0.300. The molecule has 0 aromatic heterocycles. The van der Waals surface area contributed by atoms with Gasteiger partial charge in [0.05, 0.1) is 0 Å². The van der Waals surface area contributed by atoms with Crippen LogP contribution in [-0.2, 0) is 29.1 Å². The number of fused-ring (bicyclic) bond motifs is 1. The molecule has 0 aliphatic heterocycles. The Kier molecular flexibility index (Phi) is 5.33. The van der Waals surface area contributed by atoms with E-state index >= 15 is 0 Å². The molecule has 5 nitrogen and oxygen atoms in total. The lowest BCUT2D eigenvalue weighted by molar-refractivity contribution is -0.114. The van der Waals surface area contributed by atoms with Crippen molar-refractivity contribution in [3.8, 4) is 5.75 Å². The van der Waals surface area contributed by atoms with Gasteiger partial charge in [0.15, 0.2) is 5.71 Å². The number of amides is 1. The molecule has 0 atom stereocenters. The molecule has 1 aliphatic carbocycles. The van der Waals surface area contributed by atoms with Crippen LogP contribution in [0.4, 0.5) is 0 Å². The van der Waals surface area contributed by atoms with E-state index in [4.69, 9.17) is 9.57 Å². The number of likely N-dealkylation sites (N-methyl/N-ethyl adjacent to an activating group) is 1. The minimum atomic E-state index is -0.299. The van der Waals surface area contributed by atoms with E-state index in [1.54, 1.807) is 7.05 Å². The molecule has 2 aromatic rings. The second kappa shape index (κ2) is 7.83. The van der Waals surface area contributed by atoms with Crippen molar-refractivity contribution in [2.24, 2.45) is 5.16 Å². The van der Waals surface area contributed by atoms with Crippen LogP contribution in [0.1, 0.15) is 28.7 Å². The first-order valence-corrected chi connectivity index (χ1v) is 8.39. The minimum absolute atomic E-state index is 0.234. The predicted octanol–water partition coefficient (Wildman–Crippen LogP) is 2.85. The summed E-state index contributed by atoms with van der Waals surface area (Å²) in [6.45, 7) is 0.356. The van der Waals surface area contributed by atoms with Gasteiger partial charge in [-0.05, 0) is 48.1 Å². The molecule has 130 valence electrons. The molecular weight excluding hydrogens is 316 g/mol. The van der Waals surface area contributed by atoms with Crippen molar-refractivity contribution < 1.29 is 14.4 Å². The molecule has 0 radical (unpaired) electrons. The first-order chi connectivity index (χ1) is 12.2. The summed E-state index contributed by atoms with van der Waals surface area (Å²) < 4.78 is 5.97. The van der Waals surface area contributed by atoms with Crippen molar-refractivity contribution >= 4 is 11.6 Å². The molecule has 1 aliphatic rings. The van der Waals surface area contributed by atoms with Gasteiger partial charge in [-0.2, -0.15) is 0 Å². The Morgan fingerprint density at radius 2 is 1.96 bits per heavy atom. The SMILES string of the molecule is CNC(=O)/C(=N\OC)c1ccccc1COc1ccc2c(c1)CCC2. The number of rotatable bonds is 6. The third-order valence-corrected chi connectivity index (χ3v) is 4.36. The van der Waals surface area contributed by atoms with Gasteiger partial charge in [-0.1, -0.05) is 35.5 Å². The van der Waals surface area contributed by atoms with Gasteiger partial charge in [-0.3, -0.25) is 4.79 Å². The number of ether oxygens (including phenoxy) is 1. The summed E-state index contributed by atoms with van der Waals surface area (Å²) in [6.07, 6.45) is 3.48. The van der Waals surface area contributed by atoms with Crippen LogP contribution in [0.25, 0.3) is 0 Å². The van der Waals surface area contributed by atoms with Crippen LogP contribution < -0.4 is 10.1 Å². The Labute approximate surface area is 147 Å². The molecule has 3 rings (SSSR count). The van der Waals surface area contributed by atoms with Gasteiger partial charge in [0, 0.05) is 12.6 Å². The largest absolute Gasteiger partial charge is 0.489 e. The number of nitrogens with one attached hydrogen (secondary N) is 1. The van der Waals surface area contributed by atoms with E-state index in [9.17, 15) is 4.79 Å². The number of hydrogen-bond acceptors (Lipinski definition) is 4. The third-order valence-electron chi connectivity index (χ3n) is 4.36.